The van der Waals surface area contributed by atoms with Gasteiger partial charge in [0.05, 0.1) is 59.5 Å². The van der Waals surface area contributed by atoms with Crippen molar-refractivity contribution in [2.24, 2.45) is 17.6 Å². The lowest BCUT2D eigenvalue weighted by molar-refractivity contribution is -0.131. The average molecular weight is 852 g/mol. The third-order valence-corrected chi connectivity index (χ3v) is 9.45. The van der Waals surface area contributed by atoms with Gasteiger partial charge in [-0.3, -0.25) is 14.4 Å². The molecule has 1 rings (SSSR count). The van der Waals surface area contributed by atoms with E-state index in [4.69, 9.17) is 34.2 Å². The normalized spacial score (nSPS) is 12.2. The Morgan fingerprint density at radius 2 is 1.20 bits per heavy atom. The predicted octanol–water partition coefficient (Wildman–Crippen LogP) is 4.98. The number of unbranched alkanes of at least 4 members (excludes halogenated alkanes) is 2. The van der Waals surface area contributed by atoms with Crippen LogP contribution in [0, 0.1) is 11.8 Å². The Hall–Kier alpha value is -3.83. The molecule has 344 valence electrons. The number of hydrogen-bond donors (Lipinski definition) is 5. The molecule has 0 spiro atoms. The van der Waals surface area contributed by atoms with E-state index in [0.29, 0.717) is 111 Å². The first-order valence-electron chi connectivity index (χ1n) is 22.0. The van der Waals surface area contributed by atoms with Crippen molar-refractivity contribution in [3.05, 3.63) is 35.4 Å². The maximum Gasteiger partial charge on any atom is 0.407 e. The van der Waals surface area contributed by atoms with Crippen molar-refractivity contribution < 1.29 is 52.4 Å². The van der Waals surface area contributed by atoms with Gasteiger partial charge in [-0.25, -0.2) is 9.59 Å². The highest BCUT2D eigenvalue weighted by molar-refractivity contribution is 5.87. The summed E-state index contributed by atoms with van der Waals surface area (Å²) >= 11 is 0. The largest absolute Gasteiger partial charge is 0.445 e. The van der Waals surface area contributed by atoms with Crippen molar-refractivity contribution in [2.75, 3.05) is 85.7 Å². The van der Waals surface area contributed by atoms with Crippen molar-refractivity contribution in [2.45, 2.75) is 117 Å². The summed E-state index contributed by atoms with van der Waals surface area (Å²) < 4.78 is 32.5. The molecule has 0 aliphatic rings. The number of Topliss-reactive ketones (excluding diaryl/α,β-unsaturated/α-hetero) is 1. The molecule has 1 aromatic rings. The SMILES string of the molecule is CCCCCNC(=O)OCc1ccc(CC[C@H](CCCNC(N)=O)NC(=O)C(CC(=O)CCCC(=O)NCCOCCOCCOCCOCCOCCC)C(C)C)cc1. The second kappa shape index (κ2) is 37.0. The summed E-state index contributed by atoms with van der Waals surface area (Å²) in [6.45, 7) is 14.5. The average Bonchev–Trinajstić information content (AvgIpc) is 3.22. The van der Waals surface area contributed by atoms with Crippen LogP contribution in [-0.2, 0) is 55.8 Å². The van der Waals surface area contributed by atoms with E-state index in [2.05, 4.69) is 35.1 Å². The van der Waals surface area contributed by atoms with Crippen LogP contribution < -0.4 is 27.0 Å². The highest BCUT2D eigenvalue weighted by atomic mass is 16.6. The number of amides is 5. The lowest BCUT2D eigenvalue weighted by Crippen LogP contribution is -2.42. The van der Waals surface area contributed by atoms with E-state index in [1.54, 1.807) is 0 Å². The van der Waals surface area contributed by atoms with Gasteiger partial charge in [-0.15, -0.1) is 0 Å². The van der Waals surface area contributed by atoms with E-state index in [1.165, 1.54) is 0 Å². The summed E-state index contributed by atoms with van der Waals surface area (Å²) in [5.74, 6) is -1.00. The molecule has 0 bridgehead atoms. The molecule has 0 saturated heterocycles. The van der Waals surface area contributed by atoms with E-state index >= 15 is 0 Å². The number of hydrogen-bond acceptors (Lipinski definition) is 11. The lowest BCUT2D eigenvalue weighted by atomic mass is 9.88. The van der Waals surface area contributed by atoms with Gasteiger partial charge in [0, 0.05) is 57.5 Å². The Morgan fingerprint density at radius 3 is 1.78 bits per heavy atom. The third-order valence-electron chi connectivity index (χ3n) is 9.45. The third kappa shape index (κ3) is 31.1. The van der Waals surface area contributed by atoms with Crippen molar-refractivity contribution in [3.63, 3.8) is 0 Å². The number of aryl methyl sites for hydroxylation is 1. The van der Waals surface area contributed by atoms with Gasteiger partial charge in [-0.2, -0.15) is 0 Å². The van der Waals surface area contributed by atoms with E-state index in [9.17, 15) is 24.0 Å². The Balaban J connectivity index is 2.37. The molecule has 0 aromatic heterocycles. The Morgan fingerprint density at radius 1 is 0.617 bits per heavy atom. The lowest BCUT2D eigenvalue weighted by Gasteiger charge is -2.25. The molecule has 6 N–H and O–H groups in total. The van der Waals surface area contributed by atoms with E-state index in [1.807, 2.05) is 38.1 Å². The minimum absolute atomic E-state index is 0.0631. The molecule has 0 aliphatic carbocycles. The number of primary amides is 1. The molecule has 1 unspecified atom stereocenters. The summed E-state index contributed by atoms with van der Waals surface area (Å²) in [5, 5.41) is 11.3. The van der Waals surface area contributed by atoms with Gasteiger partial charge < -0.3 is 55.4 Å². The summed E-state index contributed by atoms with van der Waals surface area (Å²) in [6.07, 6.45) is 7.07. The zero-order valence-corrected chi connectivity index (χ0v) is 37.0. The monoisotopic (exact) mass is 852 g/mol. The number of urea groups is 1. The fourth-order valence-corrected chi connectivity index (χ4v) is 5.97. The summed E-state index contributed by atoms with van der Waals surface area (Å²) in [4.78, 5) is 62.0. The van der Waals surface area contributed by atoms with Gasteiger partial charge in [0.2, 0.25) is 11.8 Å². The Labute approximate surface area is 358 Å². The molecular formula is C44H77N5O11. The predicted molar refractivity (Wildman–Crippen MR) is 230 cm³/mol. The number of carbonyl (C=O) groups is 5. The van der Waals surface area contributed by atoms with Crippen LogP contribution >= 0.6 is 0 Å². The highest BCUT2D eigenvalue weighted by Gasteiger charge is 2.27. The molecule has 0 heterocycles. The standard InChI is InChI=1S/C44H77N5O11/c1-5-7-8-20-48-44(54)60-34-37-16-14-36(15-17-37)18-19-38(11-10-21-47-43(45)53)49-42(52)40(35(3)4)33-39(50)12-9-13-41(51)46-22-24-56-26-28-58-30-32-59-31-29-57-27-25-55-23-6-2/h14-17,35,38,40H,5-13,18-34H2,1-4H3,(H,46,51)(H,48,54)(H,49,52)(H3,45,47,53)/t38-,40?/m0/s1. The summed E-state index contributed by atoms with van der Waals surface area (Å²) in [6, 6.07) is 7.02. The number of rotatable bonds is 39. The van der Waals surface area contributed by atoms with Crippen LogP contribution in [0.15, 0.2) is 24.3 Å². The maximum atomic E-state index is 13.6. The quantitative estimate of drug-likeness (QED) is 0.0557. The minimum atomic E-state index is -0.601. The van der Waals surface area contributed by atoms with Crippen LogP contribution in [0.25, 0.3) is 0 Å². The molecule has 1 aromatic carbocycles. The van der Waals surface area contributed by atoms with Gasteiger partial charge in [0.1, 0.15) is 12.4 Å². The van der Waals surface area contributed by atoms with Gasteiger partial charge in [0.15, 0.2) is 0 Å². The second-order valence-electron chi connectivity index (χ2n) is 15.1. The van der Waals surface area contributed by atoms with Crippen LogP contribution in [0.3, 0.4) is 0 Å². The van der Waals surface area contributed by atoms with Crippen LogP contribution in [0.2, 0.25) is 0 Å². The molecule has 0 aliphatic heterocycles. The van der Waals surface area contributed by atoms with Crippen LogP contribution in [0.5, 0.6) is 0 Å². The maximum absolute atomic E-state index is 13.6. The van der Waals surface area contributed by atoms with E-state index in [-0.39, 0.29) is 55.4 Å². The van der Waals surface area contributed by atoms with Gasteiger partial charge in [-0.1, -0.05) is 64.8 Å². The topological polar surface area (TPSA) is 215 Å². The van der Waals surface area contributed by atoms with Crippen molar-refractivity contribution in [3.8, 4) is 0 Å². The van der Waals surface area contributed by atoms with Crippen LogP contribution in [-0.4, -0.2) is 121 Å². The fourth-order valence-electron chi connectivity index (χ4n) is 5.97. The number of carbonyl (C=O) groups excluding carboxylic acids is 5. The number of ketones is 1. The van der Waals surface area contributed by atoms with Crippen LogP contribution in [0.1, 0.15) is 109 Å². The highest BCUT2D eigenvalue weighted by Crippen LogP contribution is 2.20. The van der Waals surface area contributed by atoms with Crippen LogP contribution in [0.4, 0.5) is 9.59 Å². The van der Waals surface area contributed by atoms with Gasteiger partial charge >= 0.3 is 12.1 Å². The second-order valence-corrected chi connectivity index (χ2v) is 15.1. The van der Waals surface area contributed by atoms with Crippen molar-refractivity contribution in [1.82, 2.24) is 21.3 Å². The molecule has 16 heteroatoms. The molecule has 60 heavy (non-hydrogen) atoms. The summed E-state index contributed by atoms with van der Waals surface area (Å²) in [5.41, 5.74) is 7.17. The molecular weight excluding hydrogens is 775 g/mol. The molecule has 2 atom stereocenters. The number of nitrogens with one attached hydrogen (secondary N) is 4. The number of nitrogens with two attached hydrogens (primary N) is 1. The van der Waals surface area contributed by atoms with E-state index < -0.39 is 18.0 Å². The van der Waals surface area contributed by atoms with E-state index in [0.717, 1.165) is 43.4 Å². The first-order valence-corrected chi connectivity index (χ1v) is 22.0. The van der Waals surface area contributed by atoms with Crippen molar-refractivity contribution in [1.29, 1.82) is 0 Å². The number of ether oxygens (including phenoxy) is 6. The first-order chi connectivity index (χ1) is 29.0. The molecule has 0 fully saturated rings. The minimum Gasteiger partial charge on any atom is -0.445 e. The fraction of sp³-hybridized carbons (Fsp3) is 0.750. The Kier molecular flexibility index (Phi) is 33.4. The zero-order chi connectivity index (χ0) is 44.1. The smallest absolute Gasteiger partial charge is 0.407 e. The molecule has 0 saturated carbocycles. The molecule has 0 radical (unpaired) electrons. The van der Waals surface area contributed by atoms with Gasteiger partial charge in [-0.05, 0) is 62.0 Å². The number of alkyl carbamates (subject to hydrolysis) is 1. The zero-order valence-electron chi connectivity index (χ0n) is 37.0. The van der Waals surface area contributed by atoms with Crippen molar-refractivity contribution >= 4 is 29.7 Å². The first kappa shape index (κ1) is 54.2. The van der Waals surface area contributed by atoms with Gasteiger partial charge in [0.25, 0.3) is 0 Å². The molecule has 5 amide bonds. The Bertz CT molecular complexity index is 1290. The number of benzene rings is 1. The summed E-state index contributed by atoms with van der Waals surface area (Å²) in [7, 11) is 0. The molecule has 16 nitrogen and oxygen atoms in total.